The molecular formula is C14H18FNO2. The predicted octanol–water partition coefficient (Wildman–Crippen LogP) is 1.75. The van der Waals surface area contributed by atoms with Gasteiger partial charge in [-0.15, -0.1) is 0 Å². The fraction of sp³-hybridized carbons (Fsp3) is 0.500. The van der Waals surface area contributed by atoms with Gasteiger partial charge in [0.2, 0.25) is 5.91 Å². The maximum Gasteiger partial charge on any atom is 0.230 e. The molecular weight excluding hydrogens is 233 g/mol. The molecule has 1 fully saturated rings. The van der Waals surface area contributed by atoms with Crippen LogP contribution in [-0.2, 0) is 10.2 Å². The van der Waals surface area contributed by atoms with E-state index in [1.54, 1.807) is 6.07 Å². The van der Waals surface area contributed by atoms with E-state index < -0.39 is 5.41 Å². The zero-order valence-corrected chi connectivity index (χ0v) is 10.3. The van der Waals surface area contributed by atoms with Gasteiger partial charge in [-0.05, 0) is 37.0 Å². The Kier molecular flexibility index (Phi) is 3.97. The molecule has 0 aliphatic heterocycles. The molecule has 2 N–H and O–H groups in total. The molecule has 0 aromatic heterocycles. The van der Waals surface area contributed by atoms with Crippen LogP contribution >= 0.6 is 0 Å². The standard InChI is InChI=1S/C14H18FNO2/c15-12-5-1-4-11(10-12)14(6-2-7-14)13(18)16-8-3-9-17/h1,4-5,10,17H,2-3,6-9H2,(H,16,18). The maximum atomic E-state index is 13.3. The molecule has 0 radical (unpaired) electrons. The molecule has 18 heavy (non-hydrogen) atoms. The van der Waals surface area contributed by atoms with Crippen molar-refractivity contribution >= 4 is 5.91 Å². The minimum atomic E-state index is -0.558. The second kappa shape index (κ2) is 5.48. The Morgan fingerprint density at radius 2 is 2.22 bits per heavy atom. The Hall–Kier alpha value is -1.42. The van der Waals surface area contributed by atoms with E-state index >= 15 is 0 Å². The van der Waals surface area contributed by atoms with Gasteiger partial charge in [-0.2, -0.15) is 0 Å². The van der Waals surface area contributed by atoms with Crippen molar-refractivity contribution in [1.29, 1.82) is 0 Å². The van der Waals surface area contributed by atoms with Crippen LogP contribution in [0.1, 0.15) is 31.2 Å². The summed E-state index contributed by atoms with van der Waals surface area (Å²) in [6.45, 7) is 0.527. The van der Waals surface area contributed by atoms with Gasteiger partial charge < -0.3 is 10.4 Å². The van der Waals surface area contributed by atoms with Crippen LogP contribution in [0.25, 0.3) is 0 Å². The molecule has 1 aromatic carbocycles. The second-order valence-corrected chi connectivity index (χ2v) is 4.78. The number of nitrogens with one attached hydrogen (secondary N) is 1. The average Bonchev–Trinajstić information content (AvgIpc) is 2.28. The smallest absolute Gasteiger partial charge is 0.230 e. The minimum Gasteiger partial charge on any atom is -0.396 e. The topological polar surface area (TPSA) is 49.3 Å². The van der Waals surface area contributed by atoms with Gasteiger partial charge in [-0.3, -0.25) is 4.79 Å². The Labute approximate surface area is 106 Å². The third kappa shape index (κ3) is 2.38. The molecule has 1 saturated carbocycles. The number of amides is 1. The van der Waals surface area contributed by atoms with Gasteiger partial charge in [0.25, 0.3) is 0 Å². The minimum absolute atomic E-state index is 0.0483. The number of hydrogen-bond donors (Lipinski definition) is 2. The Bertz CT molecular complexity index is 430. The SMILES string of the molecule is O=C(NCCCO)C1(c2cccc(F)c2)CCC1. The molecule has 1 aliphatic carbocycles. The molecule has 1 aromatic rings. The fourth-order valence-electron chi connectivity index (χ4n) is 2.41. The second-order valence-electron chi connectivity index (χ2n) is 4.78. The van der Waals surface area contributed by atoms with Crippen molar-refractivity contribution in [2.45, 2.75) is 31.1 Å². The summed E-state index contributed by atoms with van der Waals surface area (Å²) in [7, 11) is 0. The highest BCUT2D eigenvalue weighted by Crippen LogP contribution is 2.44. The molecule has 0 spiro atoms. The summed E-state index contributed by atoms with van der Waals surface area (Å²) in [4.78, 5) is 12.2. The molecule has 0 saturated heterocycles. The lowest BCUT2D eigenvalue weighted by atomic mass is 9.64. The highest BCUT2D eigenvalue weighted by Gasteiger charge is 2.45. The first kappa shape index (κ1) is 13.0. The number of carbonyl (C=O) groups is 1. The van der Waals surface area contributed by atoms with Crippen LogP contribution in [0.15, 0.2) is 24.3 Å². The van der Waals surface area contributed by atoms with Crippen molar-refractivity contribution in [3.05, 3.63) is 35.6 Å². The van der Waals surface area contributed by atoms with Crippen LogP contribution in [0.2, 0.25) is 0 Å². The van der Waals surface area contributed by atoms with Crippen LogP contribution < -0.4 is 5.32 Å². The molecule has 0 bridgehead atoms. The average molecular weight is 251 g/mol. The first-order valence-corrected chi connectivity index (χ1v) is 6.34. The first-order chi connectivity index (χ1) is 8.69. The third-order valence-electron chi connectivity index (χ3n) is 3.64. The molecule has 1 amide bonds. The maximum absolute atomic E-state index is 13.3. The van der Waals surface area contributed by atoms with Crippen molar-refractivity contribution in [1.82, 2.24) is 5.32 Å². The summed E-state index contributed by atoms with van der Waals surface area (Å²) < 4.78 is 13.3. The Balaban J connectivity index is 2.13. The van der Waals surface area contributed by atoms with Gasteiger partial charge in [0, 0.05) is 13.2 Å². The van der Waals surface area contributed by atoms with Gasteiger partial charge in [0.05, 0.1) is 5.41 Å². The van der Waals surface area contributed by atoms with E-state index in [-0.39, 0.29) is 18.3 Å². The Morgan fingerprint density at radius 1 is 1.44 bits per heavy atom. The van der Waals surface area contributed by atoms with Gasteiger partial charge in [0.15, 0.2) is 0 Å². The summed E-state index contributed by atoms with van der Waals surface area (Å²) >= 11 is 0. The van der Waals surface area contributed by atoms with Crippen LogP contribution in [-0.4, -0.2) is 24.2 Å². The van der Waals surface area contributed by atoms with E-state index in [1.807, 2.05) is 6.07 Å². The molecule has 1 aliphatic rings. The molecule has 0 unspecified atom stereocenters. The Morgan fingerprint density at radius 3 is 2.78 bits per heavy atom. The summed E-state index contributed by atoms with van der Waals surface area (Å²) in [5.41, 5.74) is 0.202. The fourth-order valence-corrected chi connectivity index (χ4v) is 2.41. The number of halogens is 1. The highest BCUT2D eigenvalue weighted by atomic mass is 19.1. The van der Waals surface area contributed by atoms with Crippen molar-refractivity contribution in [2.24, 2.45) is 0 Å². The summed E-state index contributed by atoms with van der Waals surface area (Å²) in [6, 6.07) is 6.30. The number of hydrogen-bond acceptors (Lipinski definition) is 2. The van der Waals surface area contributed by atoms with Gasteiger partial charge in [-0.25, -0.2) is 4.39 Å². The van der Waals surface area contributed by atoms with Crippen LogP contribution in [0.5, 0.6) is 0 Å². The quantitative estimate of drug-likeness (QED) is 0.783. The molecule has 98 valence electrons. The van der Waals surface area contributed by atoms with Crippen molar-refractivity contribution in [2.75, 3.05) is 13.2 Å². The van der Waals surface area contributed by atoms with Gasteiger partial charge in [0.1, 0.15) is 5.82 Å². The van der Waals surface area contributed by atoms with E-state index in [0.29, 0.717) is 13.0 Å². The van der Waals surface area contributed by atoms with Gasteiger partial charge >= 0.3 is 0 Å². The molecule has 0 heterocycles. The summed E-state index contributed by atoms with van der Waals surface area (Å²) in [5.74, 6) is -0.352. The third-order valence-corrected chi connectivity index (χ3v) is 3.64. The zero-order chi connectivity index (χ0) is 13.0. The monoisotopic (exact) mass is 251 g/mol. The zero-order valence-electron chi connectivity index (χ0n) is 10.3. The lowest BCUT2D eigenvalue weighted by Crippen LogP contribution is -2.49. The largest absolute Gasteiger partial charge is 0.396 e. The number of aliphatic hydroxyl groups is 1. The van der Waals surface area contributed by atoms with Crippen molar-refractivity contribution in [3.63, 3.8) is 0 Å². The van der Waals surface area contributed by atoms with Crippen molar-refractivity contribution in [3.8, 4) is 0 Å². The van der Waals surface area contributed by atoms with E-state index in [2.05, 4.69) is 5.32 Å². The molecule has 3 nitrogen and oxygen atoms in total. The number of benzene rings is 1. The van der Waals surface area contributed by atoms with E-state index in [1.165, 1.54) is 12.1 Å². The number of aliphatic hydroxyl groups excluding tert-OH is 1. The van der Waals surface area contributed by atoms with E-state index in [4.69, 9.17) is 5.11 Å². The molecule has 4 heteroatoms. The van der Waals surface area contributed by atoms with Crippen molar-refractivity contribution < 1.29 is 14.3 Å². The summed E-state index contributed by atoms with van der Waals surface area (Å²) in [6.07, 6.45) is 3.07. The lowest BCUT2D eigenvalue weighted by Gasteiger charge is -2.40. The summed E-state index contributed by atoms with van der Waals surface area (Å²) in [5, 5.41) is 11.5. The first-order valence-electron chi connectivity index (χ1n) is 6.34. The molecule has 2 rings (SSSR count). The van der Waals surface area contributed by atoms with E-state index in [0.717, 1.165) is 24.8 Å². The number of rotatable bonds is 5. The predicted molar refractivity (Wildman–Crippen MR) is 66.6 cm³/mol. The lowest BCUT2D eigenvalue weighted by molar-refractivity contribution is -0.129. The number of carbonyl (C=O) groups excluding carboxylic acids is 1. The van der Waals surface area contributed by atoms with Gasteiger partial charge in [-0.1, -0.05) is 18.6 Å². The van der Waals surface area contributed by atoms with Crippen LogP contribution in [0.4, 0.5) is 4.39 Å². The van der Waals surface area contributed by atoms with E-state index in [9.17, 15) is 9.18 Å². The van der Waals surface area contributed by atoms with Crippen LogP contribution in [0, 0.1) is 5.82 Å². The highest BCUT2D eigenvalue weighted by molar-refractivity contribution is 5.89. The van der Waals surface area contributed by atoms with Crippen LogP contribution in [0.3, 0.4) is 0 Å². The normalized spacial score (nSPS) is 17.0. The molecule has 0 atom stereocenters.